The summed E-state index contributed by atoms with van der Waals surface area (Å²) >= 11 is 7.67. The quantitative estimate of drug-likeness (QED) is 0.724. The molecule has 0 saturated heterocycles. The van der Waals surface area contributed by atoms with Crippen molar-refractivity contribution >= 4 is 23.4 Å². The maximum absolute atomic E-state index is 5.71. The van der Waals surface area contributed by atoms with E-state index in [0.29, 0.717) is 10.4 Å². The van der Waals surface area contributed by atoms with Gasteiger partial charge in [0.15, 0.2) is 0 Å². The second-order valence-electron chi connectivity index (χ2n) is 3.75. The van der Waals surface area contributed by atoms with Crippen molar-refractivity contribution in [2.45, 2.75) is 31.8 Å². The van der Waals surface area contributed by atoms with Gasteiger partial charge in [-0.1, -0.05) is 38.4 Å². The van der Waals surface area contributed by atoms with Crippen LogP contribution in [0.5, 0.6) is 0 Å². The predicted molar refractivity (Wildman–Crippen MR) is 64.8 cm³/mol. The molecule has 1 rings (SSSR count). The second kappa shape index (κ2) is 5.62. The SMILES string of the molecule is CC(C)C(C)SCc1ccc(Cl)nc1. The molecule has 1 heterocycles. The standard InChI is InChI=1S/C11H16ClNS/c1-8(2)9(3)14-7-10-4-5-11(12)13-6-10/h4-6,8-9H,7H2,1-3H3. The zero-order valence-electron chi connectivity index (χ0n) is 8.83. The molecule has 1 atom stereocenters. The van der Waals surface area contributed by atoms with Gasteiger partial charge in [-0.15, -0.1) is 0 Å². The van der Waals surface area contributed by atoms with Gasteiger partial charge in [0, 0.05) is 17.2 Å². The van der Waals surface area contributed by atoms with Crippen LogP contribution in [0.4, 0.5) is 0 Å². The number of hydrogen-bond donors (Lipinski definition) is 0. The first-order valence-electron chi connectivity index (χ1n) is 4.81. The lowest BCUT2D eigenvalue weighted by Gasteiger charge is -2.14. The lowest BCUT2D eigenvalue weighted by molar-refractivity contribution is 0.642. The van der Waals surface area contributed by atoms with Gasteiger partial charge in [-0.3, -0.25) is 0 Å². The zero-order valence-corrected chi connectivity index (χ0v) is 10.4. The first-order valence-corrected chi connectivity index (χ1v) is 6.24. The summed E-state index contributed by atoms with van der Waals surface area (Å²) in [6.07, 6.45) is 1.85. The van der Waals surface area contributed by atoms with Crippen LogP contribution in [-0.2, 0) is 5.75 Å². The molecule has 1 aromatic heterocycles. The molecule has 1 unspecified atom stereocenters. The Morgan fingerprint density at radius 2 is 2.07 bits per heavy atom. The Bertz CT molecular complexity index is 271. The molecule has 0 saturated carbocycles. The van der Waals surface area contributed by atoms with Crippen molar-refractivity contribution in [3.05, 3.63) is 29.0 Å². The fourth-order valence-electron chi connectivity index (χ4n) is 0.912. The Balaban J connectivity index is 2.42. The van der Waals surface area contributed by atoms with E-state index in [1.807, 2.05) is 30.1 Å². The highest BCUT2D eigenvalue weighted by Gasteiger charge is 2.07. The van der Waals surface area contributed by atoms with Crippen LogP contribution in [0.3, 0.4) is 0 Å². The first kappa shape index (κ1) is 11.9. The van der Waals surface area contributed by atoms with Gasteiger partial charge in [0.1, 0.15) is 5.15 Å². The summed E-state index contributed by atoms with van der Waals surface area (Å²) in [6, 6.07) is 3.88. The average molecular weight is 230 g/mol. The Labute approximate surface area is 95.3 Å². The van der Waals surface area contributed by atoms with Gasteiger partial charge >= 0.3 is 0 Å². The van der Waals surface area contributed by atoms with Gasteiger partial charge in [0.05, 0.1) is 0 Å². The van der Waals surface area contributed by atoms with E-state index in [9.17, 15) is 0 Å². The van der Waals surface area contributed by atoms with Crippen molar-refractivity contribution < 1.29 is 0 Å². The summed E-state index contributed by atoms with van der Waals surface area (Å²) in [5, 5.41) is 1.25. The highest BCUT2D eigenvalue weighted by atomic mass is 35.5. The molecule has 0 aliphatic rings. The molecule has 78 valence electrons. The number of rotatable bonds is 4. The predicted octanol–water partition coefficient (Wildman–Crippen LogP) is 4.01. The Hall–Kier alpha value is -0.210. The molecular formula is C11H16ClNS. The molecule has 14 heavy (non-hydrogen) atoms. The monoisotopic (exact) mass is 229 g/mol. The molecule has 0 aliphatic heterocycles. The van der Waals surface area contributed by atoms with Gasteiger partial charge in [-0.05, 0) is 17.5 Å². The van der Waals surface area contributed by atoms with Crippen LogP contribution in [0.15, 0.2) is 18.3 Å². The lowest BCUT2D eigenvalue weighted by atomic mass is 10.2. The second-order valence-corrected chi connectivity index (χ2v) is 5.50. The summed E-state index contributed by atoms with van der Waals surface area (Å²) in [6.45, 7) is 6.76. The summed E-state index contributed by atoms with van der Waals surface area (Å²) < 4.78 is 0. The van der Waals surface area contributed by atoms with Crippen LogP contribution in [0.1, 0.15) is 26.3 Å². The molecule has 0 spiro atoms. The maximum atomic E-state index is 5.71. The van der Waals surface area contributed by atoms with Crippen molar-refractivity contribution in [3.63, 3.8) is 0 Å². The van der Waals surface area contributed by atoms with Crippen molar-refractivity contribution in [1.82, 2.24) is 4.98 Å². The van der Waals surface area contributed by atoms with Crippen LogP contribution >= 0.6 is 23.4 Å². The molecular weight excluding hydrogens is 214 g/mol. The van der Waals surface area contributed by atoms with E-state index in [-0.39, 0.29) is 0 Å². The van der Waals surface area contributed by atoms with Crippen molar-refractivity contribution in [2.24, 2.45) is 5.92 Å². The lowest BCUT2D eigenvalue weighted by Crippen LogP contribution is -2.05. The van der Waals surface area contributed by atoms with Gasteiger partial charge in [0.2, 0.25) is 0 Å². The van der Waals surface area contributed by atoms with E-state index >= 15 is 0 Å². The summed E-state index contributed by atoms with van der Waals surface area (Å²) in [4.78, 5) is 4.05. The number of halogens is 1. The van der Waals surface area contributed by atoms with Crippen molar-refractivity contribution in [3.8, 4) is 0 Å². The first-order chi connectivity index (χ1) is 6.59. The van der Waals surface area contributed by atoms with Crippen LogP contribution in [-0.4, -0.2) is 10.2 Å². The number of pyridine rings is 1. The van der Waals surface area contributed by atoms with Gasteiger partial charge in [-0.25, -0.2) is 4.98 Å². The molecule has 1 aromatic rings. The van der Waals surface area contributed by atoms with Crippen molar-refractivity contribution in [2.75, 3.05) is 0 Å². The molecule has 0 amide bonds. The average Bonchev–Trinajstić information content (AvgIpc) is 2.16. The fourth-order valence-corrected chi connectivity index (χ4v) is 2.03. The minimum absolute atomic E-state index is 0.565. The highest BCUT2D eigenvalue weighted by molar-refractivity contribution is 7.99. The van der Waals surface area contributed by atoms with Crippen LogP contribution < -0.4 is 0 Å². The van der Waals surface area contributed by atoms with Crippen LogP contribution in [0.25, 0.3) is 0 Å². The van der Waals surface area contributed by atoms with Gasteiger partial charge in [0.25, 0.3) is 0 Å². The van der Waals surface area contributed by atoms with Crippen molar-refractivity contribution in [1.29, 1.82) is 0 Å². The van der Waals surface area contributed by atoms with E-state index in [4.69, 9.17) is 11.6 Å². The molecule has 0 N–H and O–H groups in total. The largest absolute Gasteiger partial charge is 0.244 e. The molecule has 0 fully saturated rings. The Morgan fingerprint density at radius 3 is 2.57 bits per heavy atom. The highest BCUT2D eigenvalue weighted by Crippen LogP contribution is 2.22. The third-order valence-corrected chi connectivity index (χ3v) is 4.03. The van der Waals surface area contributed by atoms with Crippen LogP contribution in [0, 0.1) is 5.92 Å². The van der Waals surface area contributed by atoms with E-state index in [1.165, 1.54) is 5.56 Å². The molecule has 3 heteroatoms. The van der Waals surface area contributed by atoms with E-state index in [0.717, 1.165) is 11.7 Å². The Kier molecular flexibility index (Phi) is 4.76. The number of thioether (sulfide) groups is 1. The molecule has 0 bridgehead atoms. The van der Waals surface area contributed by atoms with E-state index in [2.05, 4.69) is 25.8 Å². The molecule has 0 radical (unpaired) electrons. The summed E-state index contributed by atoms with van der Waals surface area (Å²) in [7, 11) is 0. The topological polar surface area (TPSA) is 12.9 Å². The summed E-state index contributed by atoms with van der Waals surface area (Å²) in [5.74, 6) is 1.74. The third-order valence-electron chi connectivity index (χ3n) is 2.24. The summed E-state index contributed by atoms with van der Waals surface area (Å²) in [5.41, 5.74) is 1.24. The normalized spacial score (nSPS) is 13.2. The smallest absolute Gasteiger partial charge is 0.129 e. The minimum atomic E-state index is 0.565. The molecule has 0 aliphatic carbocycles. The van der Waals surface area contributed by atoms with Gasteiger partial charge in [-0.2, -0.15) is 11.8 Å². The molecule has 0 aromatic carbocycles. The minimum Gasteiger partial charge on any atom is -0.244 e. The third kappa shape index (κ3) is 3.89. The number of hydrogen-bond acceptors (Lipinski definition) is 2. The number of nitrogens with zero attached hydrogens (tertiary/aromatic N) is 1. The number of aromatic nitrogens is 1. The zero-order chi connectivity index (χ0) is 10.6. The fraction of sp³-hybridized carbons (Fsp3) is 0.545. The maximum Gasteiger partial charge on any atom is 0.129 e. The molecule has 1 nitrogen and oxygen atoms in total. The van der Waals surface area contributed by atoms with E-state index in [1.54, 1.807) is 0 Å². The Morgan fingerprint density at radius 1 is 1.36 bits per heavy atom. The van der Waals surface area contributed by atoms with Crippen LogP contribution in [0.2, 0.25) is 5.15 Å². The van der Waals surface area contributed by atoms with E-state index < -0.39 is 0 Å². The van der Waals surface area contributed by atoms with Gasteiger partial charge < -0.3 is 0 Å².